The molecule has 2 heteroatoms. The van der Waals surface area contributed by atoms with E-state index in [0.717, 1.165) is 0 Å². The van der Waals surface area contributed by atoms with Crippen LogP contribution in [0.1, 0.15) is 13.8 Å². The van der Waals surface area contributed by atoms with E-state index in [9.17, 15) is 0 Å². The van der Waals surface area contributed by atoms with Crippen molar-refractivity contribution in [1.29, 1.82) is 0 Å². The van der Waals surface area contributed by atoms with E-state index in [-0.39, 0.29) is 12.6 Å². The van der Waals surface area contributed by atoms with Gasteiger partial charge in [0.2, 0.25) is 0 Å². The quantitative estimate of drug-likeness (QED) is 0.563. The van der Waals surface area contributed by atoms with Gasteiger partial charge >= 0.3 is 0 Å². The Morgan fingerprint density at radius 1 is 1.60 bits per heavy atom. The van der Waals surface area contributed by atoms with Crippen LogP contribution >= 0.6 is 0 Å². The summed E-state index contributed by atoms with van der Waals surface area (Å²) in [7, 11) is 0. The number of aliphatic hydroxyl groups is 1. The second kappa shape index (κ2) is 2.88. The Balaban J connectivity index is 2.68. The molecule has 0 aromatic heterocycles. The third-order valence-electron chi connectivity index (χ3n) is 1.70. The lowest BCUT2D eigenvalue weighted by atomic mass is 10.0. The van der Waals surface area contributed by atoms with Crippen molar-refractivity contribution >= 4 is 0 Å². The average Bonchev–Trinajstić information content (AvgIpc) is 1.88. The number of hydrogen-bond acceptors (Lipinski definition) is 2. The van der Waals surface area contributed by atoms with Crippen LogP contribution in [0.5, 0.6) is 0 Å². The van der Waals surface area contributed by atoms with E-state index in [1.54, 1.807) is 0 Å². The fourth-order valence-electron chi connectivity index (χ4n) is 1.06. The van der Waals surface area contributed by atoms with Crippen LogP contribution in [0.25, 0.3) is 0 Å². The maximum atomic E-state index is 8.82. The lowest BCUT2D eigenvalue weighted by molar-refractivity contribution is 0.267. The molecule has 0 saturated carbocycles. The van der Waals surface area contributed by atoms with Crippen LogP contribution in [0, 0.1) is 0 Å². The molecule has 1 heterocycles. The molecule has 0 unspecified atom stereocenters. The van der Waals surface area contributed by atoms with Gasteiger partial charge in [-0.2, -0.15) is 0 Å². The Bertz CT molecular complexity index is 182. The number of dihydropyridines is 1. The van der Waals surface area contributed by atoms with Crippen LogP contribution in [0.4, 0.5) is 0 Å². The SMILES string of the molecule is CC1=CN[C@H](CO)C(C)=C1. The first-order chi connectivity index (χ1) is 4.74. The van der Waals surface area contributed by atoms with Crippen LogP contribution in [-0.4, -0.2) is 17.8 Å². The molecule has 56 valence electrons. The summed E-state index contributed by atoms with van der Waals surface area (Å²) in [5.41, 5.74) is 2.41. The Morgan fingerprint density at radius 3 is 2.80 bits per heavy atom. The van der Waals surface area contributed by atoms with Gasteiger partial charge < -0.3 is 10.4 Å². The molecule has 0 aromatic rings. The Labute approximate surface area is 61.3 Å². The molecule has 0 amide bonds. The van der Waals surface area contributed by atoms with Gasteiger partial charge in [0, 0.05) is 0 Å². The second-order valence-electron chi connectivity index (χ2n) is 2.68. The minimum Gasteiger partial charge on any atom is -0.394 e. The van der Waals surface area contributed by atoms with Gasteiger partial charge in [-0.05, 0) is 31.2 Å². The molecule has 0 aliphatic carbocycles. The summed E-state index contributed by atoms with van der Waals surface area (Å²) in [6.45, 7) is 4.22. The van der Waals surface area contributed by atoms with Crippen LogP contribution < -0.4 is 5.32 Å². The first-order valence-corrected chi connectivity index (χ1v) is 3.46. The summed E-state index contributed by atoms with van der Waals surface area (Å²) in [6.07, 6.45) is 4.01. The van der Waals surface area contributed by atoms with Gasteiger partial charge in [-0.15, -0.1) is 0 Å². The van der Waals surface area contributed by atoms with Crippen LogP contribution in [0.15, 0.2) is 23.4 Å². The maximum Gasteiger partial charge on any atom is 0.0700 e. The van der Waals surface area contributed by atoms with Crippen molar-refractivity contribution in [3.8, 4) is 0 Å². The molecule has 2 nitrogen and oxygen atoms in total. The molecular formula is C8H13NO. The molecule has 1 rings (SSSR count). The van der Waals surface area contributed by atoms with E-state index in [2.05, 4.69) is 11.4 Å². The van der Waals surface area contributed by atoms with Crippen molar-refractivity contribution in [2.24, 2.45) is 0 Å². The molecule has 0 radical (unpaired) electrons. The summed E-state index contributed by atoms with van der Waals surface area (Å²) in [5, 5.41) is 11.9. The van der Waals surface area contributed by atoms with Gasteiger partial charge in [0.25, 0.3) is 0 Å². The van der Waals surface area contributed by atoms with E-state index in [1.165, 1.54) is 11.1 Å². The first kappa shape index (κ1) is 7.35. The highest BCUT2D eigenvalue weighted by atomic mass is 16.3. The van der Waals surface area contributed by atoms with E-state index in [4.69, 9.17) is 5.11 Å². The van der Waals surface area contributed by atoms with Crippen molar-refractivity contribution in [3.63, 3.8) is 0 Å². The van der Waals surface area contributed by atoms with E-state index in [0.29, 0.717) is 0 Å². The molecule has 1 atom stereocenters. The standard InChI is InChI=1S/C8H13NO/c1-6-3-7(2)8(5-10)9-4-6/h3-4,8-10H,5H2,1-2H3/t8-/m1/s1. The second-order valence-corrected chi connectivity index (χ2v) is 2.68. The largest absolute Gasteiger partial charge is 0.394 e. The molecule has 0 spiro atoms. The summed E-state index contributed by atoms with van der Waals surface area (Å²) in [4.78, 5) is 0. The van der Waals surface area contributed by atoms with E-state index >= 15 is 0 Å². The Morgan fingerprint density at radius 2 is 2.30 bits per heavy atom. The Hall–Kier alpha value is -0.760. The monoisotopic (exact) mass is 139 g/mol. The molecule has 0 saturated heterocycles. The number of aliphatic hydroxyl groups excluding tert-OH is 1. The van der Waals surface area contributed by atoms with Crippen molar-refractivity contribution < 1.29 is 5.11 Å². The zero-order valence-corrected chi connectivity index (χ0v) is 6.39. The van der Waals surface area contributed by atoms with E-state index < -0.39 is 0 Å². The normalized spacial score (nSPS) is 24.9. The highest BCUT2D eigenvalue weighted by molar-refractivity contribution is 5.28. The topological polar surface area (TPSA) is 32.3 Å². The van der Waals surface area contributed by atoms with Crippen molar-refractivity contribution in [1.82, 2.24) is 5.32 Å². The zero-order chi connectivity index (χ0) is 7.56. The maximum absolute atomic E-state index is 8.82. The van der Waals surface area contributed by atoms with Gasteiger partial charge in [-0.1, -0.05) is 6.08 Å². The first-order valence-electron chi connectivity index (χ1n) is 3.46. The fraction of sp³-hybridized carbons (Fsp3) is 0.500. The van der Waals surface area contributed by atoms with Gasteiger partial charge in [0.15, 0.2) is 0 Å². The minimum atomic E-state index is 0.128. The molecule has 1 aliphatic heterocycles. The van der Waals surface area contributed by atoms with Crippen molar-refractivity contribution in [2.75, 3.05) is 6.61 Å². The van der Waals surface area contributed by atoms with Crippen molar-refractivity contribution in [2.45, 2.75) is 19.9 Å². The molecular weight excluding hydrogens is 126 g/mol. The number of allylic oxidation sites excluding steroid dienone is 2. The van der Waals surface area contributed by atoms with Crippen LogP contribution in [0.3, 0.4) is 0 Å². The molecule has 0 aromatic carbocycles. The summed E-state index contributed by atoms with van der Waals surface area (Å²) in [5.74, 6) is 0. The smallest absolute Gasteiger partial charge is 0.0700 e. The van der Waals surface area contributed by atoms with Crippen LogP contribution in [0.2, 0.25) is 0 Å². The van der Waals surface area contributed by atoms with Gasteiger partial charge in [-0.3, -0.25) is 0 Å². The summed E-state index contributed by atoms with van der Waals surface area (Å²) >= 11 is 0. The molecule has 1 aliphatic rings. The van der Waals surface area contributed by atoms with Crippen molar-refractivity contribution in [3.05, 3.63) is 23.4 Å². The number of rotatable bonds is 1. The fourth-order valence-corrected chi connectivity index (χ4v) is 1.06. The molecule has 0 bridgehead atoms. The molecule has 2 N–H and O–H groups in total. The predicted molar refractivity (Wildman–Crippen MR) is 41.5 cm³/mol. The minimum absolute atomic E-state index is 0.128. The highest BCUT2D eigenvalue weighted by Crippen LogP contribution is 2.10. The average molecular weight is 139 g/mol. The van der Waals surface area contributed by atoms with Gasteiger partial charge in [0.05, 0.1) is 12.6 Å². The van der Waals surface area contributed by atoms with Crippen LogP contribution in [-0.2, 0) is 0 Å². The highest BCUT2D eigenvalue weighted by Gasteiger charge is 2.09. The lowest BCUT2D eigenvalue weighted by Crippen LogP contribution is -2.31. The van der Waals surface area contributed by atoms with E-state index in [1.807, 2.05) is 20.0 Å². The molecule has 10 heavy (non-hydrogen) atoms. The summed E-state index contributed by atoms with van der Waals surface area (Å²) < 4.78 is 0. The summed E-state index contributed by atoms with van der Waals surface area (Å²) in [6, 6.07) is 0.128. The molecule has 0 fully saturated rings. The Kier molecular flexibility index (Phi) is 2.12. The zero-order valence-electron chi connectivity index (χ0n) is 6.39. The third-order valence-corrected chi connectivity index (χ3v) is 1.70. The number of nitrogens with one attached hydrogen (secondary N) is 1. The van der Waals surface area contributed by atoms with Gasteiger partial charge in [-0.25, -0.2) is 0 Å². The predicted octanol–water partition coefficient (Wildman–Crippen LogP) is 0.801. The third kappa shape index (κ3) is 1.39. The lowest BCUT2D eigenvalue weighted by Gasteiger charge is -2.19. The number of hydrogen-bond donors (Lipinski definition) is 2. The van der Waals surface area contributed by atoms with Gasteiger partial charge in [0.1, 0.15) is 0 Å².